The van der Waals surface area contributed by atoms with E-state index in [1.54, 1.807) is 13.1 Å². The third-order valence-electron chi connectivity index (χ3n) is 2.32. The fourth-order valence-electron chi connectivity index (χ4n) is 1.66. The van der Waals surface area contributed by atoms with Crippen LogP contribution in [0.2, 0.25) is 0 Å². The monoisotopic (exact) mass is 237 g/mol. The second-order valence-electron chi connectivity index (χ2n) is 3.88. The van der Waals surface area contributed by atoms with Crippen molar-refractivity contribution in [2.75, 3.05) is 23.9 Å². The molecule has 0 aliphatic rings. The summed E-state index contributed by atoms with van der Waals surface area (Å²) in [5.41, 5.74) is 3.00. The van der Waals surface area contributed by atoms with Crippen molar-refractivity contribution in [3.05, 3.63) is 6.20 Å². The number of H-pyrrole nitrogens is 1. The summed E-state index contributed by atoms with van der Waals surface area (Å²) in [4.78, 5) is 10.2. The van der Waals surface area contributed by atoms with Gasteiger partial charge in [-0.1, -0.05) is 0 Å². The van der Waals surface area contributed by atoms with Gasteiger partial charge in [0.05, 0.1) is 17.7 Å². The second-order valence-corrected chi connectivity index (χ2v) is 3.88. The van der Waals surface area contributed by atoms with E-state index in [0.29, 0.717) is 24.0 Å². The van der Waals surface area contributed by atoms with Crippen LogP contribution in [0.4, 0.5) is 11.8 Å². The molecule has 0 saturated carbocycles. The topological polar surface area (TPSA) is 116 Å². The van der Waals surface area contributed by atoms with Crippen LogP contribution in [0, 0.1) is 0 Å². The van der Waals surface area contributed by atoms with Crippen molar-refractivity contribution >= 4 is 22.8 Å². The average molecular weight is 237 g/mol. The first-order valence-corrected chi connectivity index (χ1v) is 5.18. The first kappa shape index (κ1) is 11.6. The highest BCUT2D eigenvalue weighted by molar-refractivity contribution is 5.87. The molecule has 0 radical (unpaired) electrons. The number of aromatic amines is 1. The fraction of sp³-hybridized carbons (Fsp3) is 0.444. The highest BCUT2D eigenvalue weighted by Gasteiger charge is 2.13. The zero-order valence-electron chi connectivity index (χ0n) is 9.68. The van der Waals surface area contributed by atoms with Gasteiger partial charge in [0.2, 0.25) is 5.95 Å². The van der Waals surface area contributed by atoms with Gasteiger partial charge in [0, 0.05) is 13.6 Å². The van der Waals surface area contributed by atoms with E-state index in [2.05, 4.69) is 25.6 Å². The maximum absolute atomic E-state index is 9.38. The number of fused-ring (bicyclic) bond motifs is 1. The predicted octanol–water partition coefficient (Wildman–Crippen LogP) is -0.544. The van der Waals surface area contributed by atoms with Crippen molar-refractivity contribution < 1.29 is 5.11 Å². The van der Waals surface area contributed by atoms with Gasteiger partial charge >= 0.3 is 0 Å². The Hall–Kier alpha value is -1.93. The minimum atomic E-state index is -0.453. The van der Waals surface area contributed by atoms with Gasteiger partial charge in [0.15, 0.2) is 5.65 Å². The summed E-state index contributed by atoms with van der Waals surface area (Å²) >= 11 is 0. The van der Waals surface area contributed by atoms with Crippen molar-refractivity contribution in [1.29, 1.82) is 0 Å². The number of nitrogens with one attached hydrogen (secondary N) is 2. The largest absolute Gasteiger partial charge is 0.392 e. The van der Waals surface area contributed by atoms with E-state index in [1.165, 1.54) is 0 Å². The summed E-state index contributed by atoms with van der Waals surface area (Å²) in [7, 11) is 1.84. The van der Waals surface area contributed by atoms with Crippen molar-refractivity contribution in [3.63, 3.8) is 0 Å². The molecule has 0 fully saturated rings. The molecule has 0 bridgehead atoms. The number of rotatable bonds is 4. The van der Waals surface area contributed by atoms with E-state index >= 15 is 0 Å². The van der Waals surface area contributed by atoms with E-state index in [9.17, 15) is 5.11 Å². The summed E-state index contributed by atoms with van der Waals surface area (Å²) in [6.45, 7) is 2.17. The molecule has 8 nitrogen and oxygen atoms in total. The highest BCUT2D eigenvalue weighted by Crippen LogP contribution is 2.22. The molecule has 92 valence electrons. The number of anilines is 2. The van der Waals surface area contributed by atoms with Crippen LogP contribution in [0.5, 0.6) is 0 Å². The molecule has 0 aromatic carbocycles. The molecule has 2 rings (SSSR count). The van der Waals surface area contributed by atoms with Crippen molar-refractivity contribution in [2.24, 2.45) is 5.84 Å². The lowest BCUT2D eigenvalue weighted by atomic mass is 10.3. The van der Waals surface area contributed by atoms with E-state index in [-0.39, 0.29) is 0 Å². The van der Waals surface area contributed by atoms with Crippen LogP contribution < -0.4 is 16.2 Å². The lowest BCUT2D eigenvalue weighted by molar-refractivity contribution is 0.201. The number of hydrogen-bond donors (Lipinski definition) is 4. The lowest BCUT2D eigenvalue weighted by Gasteiger charge is -2.20. The van der Waals surface area contributed by atoms with E-state index in [0.717, 1.165) is 5.39 Å². The molecule has 0 amide bonds. The Balaban J connectivity index is 2.46. The zero-order chi connectivity index (χ0) is 12.4. The SMILES string of the molecule is CC(O)CN(C)c1nc(NN)nc2[nH]ncc12. The van der Waals surface area contributed by atoms with Gasteiger partial charge in [-0.3, -0.25) is 10.5 Å². The second kappa shape index (κ2) is 4.52. The number of likely N-dealkylation sites (N-methyl/N-ethyl adjacent to an activating group) is 1. The van der Waals surface area contributed by atoms with E-state index in [1.807, 2.05) is 11.9 Å². The molecule has 17 heavy (non-hydrogen) atoms. The third kappa shape index (κ3) is 2.27. The quantitative estimate of drug-likeness (QED) is 0.416. The molecule has 8 heteroatoms. The van der Waals surface area contributed by atoms with Crippen LogP contribution in [0.3, 0.4) is 0 Å². The Morgan fingerprint density at radius 2 is 2.35 bits per heavy atom. The normalized spacial score (nSPS) is 12.7. The number of nitrogens with zero attached hydrogens (tertiary/aromatic N) is 4. The molecule has 0 aliphatic carbocycles. The summed E-state index contributed by atoms with van der Waals surface area (Å²) in [6.07, 6.45) is 1.19. The van der Waals surface area contributed by atoms with E-state index < -0.39 is 6.10 Å². The van der Waals surface area contributed by atoms with Gasteiger partial charge in [-0.25, -0.2) is 5.84 Å². The maximum atomic E-state index is 9.38. The van der Waals surface area contributed by atoms with Crippen LogP contribution in [0.15, 0.2) is 6.20 Å². The summed E-state index contributed by atoms with van der Waals surface area (Å²) < 4.78 is 0. The van der Waals surface area contributed by atoms with Gasteiger partial charge in [0.25, 0.3) is 0 Å². The molecular weight excluding hydrogens is 222 g/mol. The standard InChI is InChI=1S/C9H15N7O/c1-5(17)4-16(2)8-6-3-11-15-7(6)12-9(13-8)14-10/h3,5,17H,4,10H2,1-2H3,(H2,11,12,13,14,15). The van der Waals surface area contributed by atoms with Crippen LogP contribution in [-0.4, -0.2) is 45.0 Å². The number of hydrogen-bond acceptors (Lipinski definition) is 7. The smallest absolute Gasteiger partial charge is 0.241 e. The van der Waals surface area contributed by atoms with E-state index in [4.69, 9.17) is 5.84 Å². The Labute approximate surface area is 97.8 Å². The highest BCUT2D eigenvalue weighted by atomic mass is 16.3. The Bertz CT molecular complexity index is 509. The number of aliphatic hydroxyl groups excluding tert-OH is 1. The number of nitrogen functional groups attached to an aromatic ring is 1. The fourth-order valence-corrected chi connectivity index (χ4v) is 1.66. The number of hydrazine groups is 1. The molecule has 2 aromatic rings. The number of nitrogens with two attached hydrogens (primary N) is 1. The summed E-state index contributed by atoms with van der Waals surface area (Å²) in [5.74, 6) is 6.27. The van der Waals surface area contributed by atoms with Crippen LogP contribution in [-0.2, 0) is 0 Å². The molecule has 2 heterocycles. The zero-order valence-corrected chi connectivity index (χ0v) is 9.68. The molecule has 0 saturated heterocycles. The van der Waals surface area contributed by atoms with Crippen molar-refractivity contribution in [3.8, 4) is 0 Å². The van der Waals surface area contributed by atoms with Crippen LogP contribution in [0.25, 0.3) is 11.0 Å². The van der Waals surface area contributed by atoms with Crippen LogP contribution >= 0.6 is 0 Å². The van der Waals surface area contributed by atoms with Crippen molar-refractivity contribution in [2.45, 2.75) is 13.0 Å². The van der Waals surface area contributed by atoms with Crippen molar-refractivity contribution in [1.82, 2.24) is 20.2 Å². The molecular formula is C9H15N7O. The lowest BCUT2D eigenvalue weighted by Crippen LogP contribution is -2.28. The number of aromatic nitrogens is 4. The van der Waals surface area contributed by atoms with Gasteiger partial charge in [-0.15, -0.1) is 0 Å². The van der Waals surface area contributed by atoms with Gasteiger partial charge in [-0.2, -0.15) is 15.1 Å². The Kier molecular flexibility index (Phi) is 3.07. The summed E-state index contributed by atoms with van der Waals surface area (Å²) in [5, 5.41) is 16.8. The Morgan fingerprint density at radius 1 is 1.59 bits per heavy atom. The average Bonchev–Trinajstić information content (AvgIpc) is 2.74. The first-order valence-electron chi connectivity index (χ1n) is 5.18. The van der Waals surface area contributed by atoms with Gasteiger partial charge in [0.1, 0.15) is 5.82 Å². The Morgan fingerprint density at radius 3 is 3.00 bits per heavy atom. The van der Waals surface area contributed by atoms with Gasteiger partial charge in [-0.05, 0) is 6.92 Å². The van der Waals surface area contributed by atoms with Crippen LogP contribution in [0.1, 0.15) is 6.92 Å². The van der Waals surface area contributed by atoms with Gasteiger partial charge < -0.3 is 10.0 Å². The molecule has 1 atom stereocenters. The molecule has 2 aromatic heterocycles. The minimum absolute atomic E-state index is 0.300. The molecule has 5 N–H and O–H groups in total. The predicted molar refractivity (Wildman–Crippen MR) is 64.4 cm³/mol. The number of aliphatic hydroxyl groups is 1. The minimum Gasteiger partial charge on any atom is -0.392 e. The molecule has 0 spiro atoms. The summed E-state index contributed by atoms with van der Waals surface area (Å²) in [6, 6.07) is 0. The maximum Gasteiger partial charge on any atom is 0.241 e. The molecule has 1 unspecified atom stereocenters. The first-order chi connectivity index (χ1) is 8.11. The third-order valence-corrected chi connectivity index (χ3v) is 2.32. The molecule has 0 aliphatic heterocycles.